The Morgan fingerprint density at radius 3 is 2.23 bits per heavy atom. The molecule has 3 amide bonds. The van der Waals surface area contributed by atoms with E-state index in [1.165, 1.54) is 6.07 Å². The Labute approximate surface area is 181 Å². The first-order valence-electron chi connectivity index (χ1n) is 10.4. The fourth-order valence-corrected chi connectivity index (χ4v) is 3.51. The smallest absolute Gasteiger partial charge is 0.338 e. The molecule has 2 aromatic carbocycles. The van der Waals surface area contributed by atoms with Crippen molar-refractivity contribution in [3.05, 3.63) is 65.2 Å². The van der Waals surface area contributed by atoms with Gasteiger partial charge in [0, 0.05) is 5.69 Å². The lowest BCUT2D eigenvalue weighted by molar-refractivity contribution is -0.121. The maximum absolute atomic E-state index is 13.1. The molecule has 1 atom stereocenters. The third-order valence-electron chi connectivity index (χ3n) is 5.10. The zero-order valence-electron chi connectivity index (χ0n) is 17.9. The van der Waals surface area contributed by atoms with Gasteiger partial charge in [-0.2, -0.15) is 0 Å². The Morgan fingerprint density at radius 2 is 1.65 bits per heavy atom. The van der Waals surface area contributed by atoms with Crippen LogP contribution < -0.4 is 5.32 Å². The molecule has 2 aromatic rings. The van der Waals surface area contributed by atoms with Gasteiger partial charge in [0.05, 0.1) is 23.3 Å². The number of nitrogens with zero attached hydrogens (tertiary/aromatic N) is 1. The van der Waals surface area contributed by atoms with E-state index < -0.39 is 29.7 Å². The van der Waals surface area contributed by atoms with Gasteiger partial charge in [-0.25, -0.2) is 4.79 Å². The molecule has 1 aliphatic heterocycles. The first-order valence-corrected chi connectivity index (χ1v) is 10.4. The van der Waals surface area contributed by atoms with Crippen LogP contribution in [0.4, 0.5) is 5.69 Å². The predicted molar refractivity (Wildman–Crippen MR) is 116 cm³/mol. The Kier molecular flexibility index (Phi) is 6.84. The third-order valence-corrected chi connectivity index (χ3v) is 5.10. The van der Waals surface area contributed by atoms with Crippen LogP contribution in [0.15, 0.2) is 48.5 Å². The number of hydrogen-bond acceptors (Lipinski definition) is 5. The monoisotopic (exact) mass is 422 g/mol. The van der Waals surface area contributed by atoms with Crippen LogP contribution in [0, 0.1) is 5.92 Å². The highest BCUT2D eigenvalue weighted by Gasteiger charge is 2.43. The number of unbranched alkanes of at least 4 members (excludes halogenated alkanes) is 1. The SMILES string of the molecule is CCCCOC(=O)c1cccc(NC(=O)C(C(C)C)N2C(=O)c3ccccc3C2=O)c1. The van der Waals surface area contributed by atoms with Crippen molar-refractivity contribution in [3.63, 3.8) is 0 Å². The summed E-state index contributed by atoms with van der Waals surface area (Å²) in [5, 5.41) is 2.74. The second-order valence-electron chi connectivity index (χ2n) is 7.77. The van der Waals surface area contributed by atoms with Gasteiger partial charge in [-0.3, -0.25) is 19.3 Å². The molecule has 162 valence electrons. The van der Waals surface area contributed by atoms with Gasteiger partial charge >= 0.3 is 5.97 Å². The van der Waals surface area contributed by atoms with Crippen molar-refractivity contribution in [1.82, 2.24) is 4.90 Å². The molecule has 1 heterocycles. The number of fused-ring (bicyclic) bond motifs is 1. The van der Waals surface area contributed by atoms with Crippen LogP contribution in [0.2, 0.25) is 0 Å². The minimum absolute atomic E-state index is 0.294. The van der Waals surface area contributed by atoms with Crippen LogP contribution >= 0.6 is 0 Å². The summed E-state index contributed by atoms with van der Waals surface area (Å²) in [5.74, 6) is -2.25. The van der Waals surface area contributed by atoms with Gasteiger partial charge in [-0.15, -0.1) is 0 Å². The molecule has 7 nitrogen and oxygen atoms in total. The van der Waals surface area contributed by atoms with Crippen LogP contribution in [0.1, 0.15) is 64.7 Å². The van der Waals surface area contributed by atoms with Gasteiger partial charge in [0.25, 0.3) is 11.8 Å². The number of benzene rings is 2. The molecule has 0 aliphatic carbocycles. The third kappa shape index (κ3) is 4.66. The molecule has 1 aliphatic rings. The molecular formula is C24H26N2O5. The number of hydrogen-bond donors (Lipinski definition) is 1. The van der Waals surface area contributed by atoms with E-state index in [2.05, 4.69) is 5.32 Å². The fraction of sp³-hybridized carbons (Fsp3) is 0.333. The molecule has 1 N–H and O–H groups in total. The molecule has 0 spiro atoms. The lowest BCUT2D eigenvalue weighted by Gasteiger charge is -2.28. The Morgan fingerprint density at radius 1 is 1.00 bits per heavy atom. The number of esters is 1. The summed E-state index contributed by atoms with van der Waals surface area (Å²) < 4.78 is 5.21. The minimum Gasteiger partial charge on any atom is -0.462 e. The quantitative estimate of drug-likeness (QED) is 0.396. The van der Waals surface area contributed by atoms with E-state index in [-0.39, 0.29) is 5.92 Å². The number of carbonyl (C=O) groups excluding carboxylic acids is 4. The van der Waals surface area contributed by atoms with Crippen molar-refractivity contribution in [2.45, 2.75) is 39.7 Å². The molecule has 3 rings (SSSR count). The average molecular weight is 422 g/mol. The summed E-state index contributed by atoms with van der Waals surface area (Å²) in [7, 11) is 0. The highest BCUT2D eigenvalue weighted by molar-refractivity contribution is 6.23. The summed E-state index contributed by atoms with van der Waals surface area (Å²) in [5.41, 5.74) is 1.29. The summed E-state index contributed by atoms with van der Waals surface area (Å²) in [6.07, 6.45) is 1.69. The highest BCUT2D eigenvalue weighted by atomic mass is 16.5. The highest BCUT2D eigenvalue weighted by Crippen LogP contribution is 2.28. The zero-order valence-corrected chi connectivity index (χ0v) is 17.9. The molecule has 1 unspecified atom stereocenters. The number of amides is 3. The second-order valence-corrected chi connectivity index (χ2v) is 7.77. The topological polar surface area (TPSA) is 92.8 Å². The number of anilines is 1. The van der Waals surface area contributed by atoms with E-state index in [0.29, 0.717) is 29.0 Å². The maximum Gasteiger partial charge on any atom is 0.338 e. The van der Waals surface area contributed by atoms with Crippen LogP contribution in [0.5, 0.6) is 0 Å². The predicted octanol–water partition coefficient (Wildman–Crippen LogP) is 3.90. The lowest BCUT2D eigenvalue weighted by atomic mass is 10.0. The summed E-state index contributed by atoms with van der Waals surface area (Å²) in [6.45, 7) is 5.88. The first kappa shape index (κ1) is 22.2. The summed E-state index contributed by atoms with van der Waals surface area (Å²) >= 11 is 0. The van der Waals surface area contributed by atoms with Crippen molar-refractivity contribution in [2.24, 2.45) is 5.92 Å². The Bertz CT molecular complexity index is 980. The fourth-order valence-electron chi connectivity index (χ4n) is 3.51. The molecule has 7 heteroatoms. The lowest BCUT2D eigenvalue weighted by Crippen LogP contribution is -2.50. The molecular weight excluding hydrogens is 396 g/mol. The Balaban J connectivity index is 1.78. The molecule has 0 saturated heterocycles. The van der Waals surface area contributed by atoms with Crippen molar-refractivity contribution < 1.29 is 23.9 Å². The van der Waals surface area contributed by atoms with Gasteiger partial charge in [-0.1, -0.05) is 45.4 Å². The molecule has 31 heavy (non-hydrogen) atoms. The number of carbonyl (C=O) groups is 4. The standard InChI is InChI=1S/C24H26N2O5/c1-4-5-13-31-24(30)16-9-8-10-17(14-16)25-21(27)20(15(2)3)26-22(28)18-11-6-7-12-19(18)23(26)29/h6-12,14-15,20H,4-5,13H2,1-3H3,(H,25,27). The van der Waals surface area contributed by atoms with Crippen molar-refractivity contribution in [2.75, 3.05) is 11.9 Å². The van der Waals surface area contributed by atoms with E-state index in [1.807, 2.05) is 6.92 Å². The molecule has 0 saturated carbocycles. The van der Waals surface area contributed by atoms with Crippen LogP contribution in [0.3, 0.4) is 0 Å². The van der Waals surface area contributed by atoms with Crippen molar-refractivity contribution in [1.29, 1.82) is 0 Å². The van der Waals surface area contributed by atoms with E-state index >= 15 is 0 Å². The second kappa shape index (κ2) is 9.55. The summed E-state index contributed by atoms with van der Waals surface area (Å²) in [4.78, 5) is 52.0. The van der Waals surface area contributed by atoms with E-state index in [1.54, 1.807) is 56.3 Å². The van der Waals surface area contributed by atoms with Gasteiger partial charge < -0.3 is 10.1 Å². The van der Waals surface area contributed by atoms with Gasteiger partial charge in [0.2, 0.25) is 5.91 Å². The molecule has 0 aromatic heterocycles. The minimum atomic E-state index is -0.993. The molecule has 0 bridgehead atoms. The van der Waals surface area contributed by atoms with E-state index in [4.69, 9.17) is 4.74 Å². The maximum atomic E-state index is 13.1. The molecule has 0 fully saturated rings. The van der Waals surface area contributed by atoms with Crippen molar-refractivity contribution >= 4 is 29.4 Å². The normalized spacial score (nSPS) is 13.9. The van der Waals surface area contributed by atoms with Gasteiger partial charge in [-0.05, 0) is 42.7 Å². The number of imide groups is 1. The Hall–Kier alpha value is -3.48. The number of ether oxygens (including phenoxy) is 1. The number of nitrogens with one attached hydrogen (secondary N) is 1. The van der Waals surface area contributed by atoms with Gasteiger partial charge in [0.1, 0.15) is 6.04 Å². The average Bonchev–Trinajstić information content (AvgIpc) is 2.99. The van der Waals surface area contributed by atoms with E-state index in [9.17, 15) is 19.2 Å². The molecule has 0 radical (unpaired) electrons. The largest absolute Gasteiger partial charge is 0.462 e. The van der Waals surface area contributed by atoms with E-state index in [0.717, 1.165) is 17.7 Å². The van der Waals surface area contributed by atoms with Crippen molar-refractivity contribution in [3.8, 4) is 0 Å². The van der Waals surface area contributed by atoms with Crippen LogP contribution in [-0.2, 0) is 9.53 Å². The summed E-state index contributed by atoms with van der Waals surface area (Å²) in [6, 6.07) is 11.9. The zero-order chi connectivity index (χ0) is 22.5. The first-order chi connectivity index (χ1) is 14.8. The van der Waals surface area contributed by atoms with Crippen LogP contribution in [0.25, 0.3) is 0 Å². The van der Waals surface area contributed by atoms with Gasteiger partial charge in [0.15, 0.2) is 0 Å². The number of rotatable bonds is 8. The van der Waals surface area contributed by atoms with Crippen LogP contribution in [-0.4, -0.2) is 41.2 Å².